The molecular formula is C19H20N4O2. The molecule has 25 heavy (non-hydrogen) atoms. The Hall–Kier alpha value is -3.02. The lowest BCUT2D eigenvalue weighted by Crippen LogP contribution is -2.31. The Morgan fingerprint density at radius 2 is 2.08 bits per heavy atom. The molecule has 2 amide bonds. The SMILES string of the molecule is CC1CC(=O)NN=C1c1ccc(CCNC(=O)c2cccnc2)cc1. The van der Waals surface area contributed by atoms with E-state index >= 15 is 0 Å². The van der Waals surface area contributed by atoms with Crippen LogP contribution in [0.15, 0.2) is 53.9 Å². The van der Waals surface area contributed by atoms with E-state index in [1.165, 1.54) is 0 Å². The minimum absolute atomic E-state index is 0.0442. The molecular weight excluding hydrogens is 316 g/mol. The molecule has 6 heteroatoms. The summed E-state index contributed by atoms with van der Waals surface area (Å²) in [6.45, 7) is 2.56. The molecule has 3 rings (SSSR count). The molecule has 1 atom stereocenters. The van der Waals surface area contributed by atoms with E-state index in [1.54, 1.807) is 24.5 Å². The van der Waals surface area contributed by atoms with Crippen molar-refractivity contribution in [3.8, 4) is 0 Å². The van der Waals surface area contributed by atoms with Crippen molar-refractivity contribution >= 4 is 17.5 Å². The summed E-state index contributed by atoms with van der Waals surface area (Å²) < 4.78 is 0. The van der Waals surface area contributed by atoms with Gasteiger partial charge in [0.25, 0.3) is 5.91 Å². The molecule has 1 unspecified atom stereocenters. The number of hydrogen-bond donors (Lipinski definition) is 2. The van der Waals surface area contributed by atoms with E-state index in [0.717, 1.165) is 23.3 Å². The first-order valence-electron chi connectivity index (χ1n) is 8.27. The van der Waals surface area contributed by atoms with Crippen molar-refractivity contribution in [1.82, 2.24) is 15.7 Å². The molecule has 0 bridgehead atoms. The maximum absolute atomic E-state index is 12.0. The third kappa shape index (κ3) is 4.29. The van der Waals surface area contributed by atoms with Gasteiger partial charge in [-0.2, -0.15) is 5.10 Å². The Morgan fingerprint density at radius 3 is 2.76 bits per heavy atom. The fourth-order valence-electron chi connectivity index (χ4n) is 2.76. The molecule has 0 spiro atoms. The molecule has 2 heterocycles. The zero-order valence-corrected chi connectivity index (χ0v) is 14.0. The van der Waals surface area contributed by atoms with Crippen LogP contribution in [0.1, 0.15) is 34.8 Å². The quantitative estimate of drug-likeness (QED) is 0.875. The van der Waals surface area contributed by atoms with Crippen LogP contribution in [-0.4, -0.2) is 29.1 Å². The fraction of sp³-hybridized carbons (Fsp3) is 0.263. The van der Waals surface area contributed by atoms with Crippen LogP contribution in [0, 0.1) is 5.92 Å². The molecule has 1 aromatic carbocycles. The lowest BCUT2D eigenvalue weighted by molar-refractivity contribution is -0.121. The van der Waals surface area contributed by atoms with Gasteiger partial charge in [-0.05, 0) is 29.7 Å². The maximum Gasteiger partial charge on any atom is 0.252 e. The van der Waals surface area contributed by atoms with Crippen LogP contribution in [-0.2, 0) is 11.2 Å². The molecule has 1 aliphatic heterocycles. The second-order valence-electron chi connectivity index (χ2n) is 6.08. The summed E-state index contributed by atoms with van der Waals surface area (Å²) in [5.74, 6) is -0.0542. The number of rotatable bonds is 5. The van der Waals surface area contributed by atoms with Crippen LogP contribution in [0.25, 0.3) is 0 Å². The topological polar surface area (TPSA) is 83.5 Å². The number of hydrazone groups is 1. The number of amides is 2. The van der Waals surface area contributed by atoms with Gasteiger partial charge in [0.2, 0.25) is 5.91 Å². The summed E-state index contributed by atoms with van der Waals surface area (Å²) >= 11 is 0. The molecule has 6 nitrogen and oxygen atoms in total. The van der Waals surface area contributed by atoms with Crippen molar-refractivity contribution in [2.45, 2.75) is 19.8 Å². The van der Waals surface area contributed by atoms with E-state index < -0.39 is 0 Å². The highest BCUT2D eigenvalue weighted by Crippen LogP contribution is 2.17. The van der Waals surface area contributed by atoms with Gasteiger partial charge in [0, 0.05) is 31.3 Å². The van der Waals surface area contributed by atoms with Crippen LogP contribution in [0.5, 0.6) is 0 Å². The van der Waals surface area contributed by atoms with Crippen LogP contribution in [0.2, 0.25) is 0 Å². The number of pyridine rings is 1. The first kappa shape index (κ1) is 16.8. The molecule has 0 aliphatic carbocycles. The third-order valence-corrected chi connectivity index (χ3v) is 4.13. The largest absolute Gasteiger partial charge is 0.352 e. The highest BCUT2D eigenvalue weighted by atomic mass is 16.2. The average molecular weight is 336 g/mol. The van der Waals surface area contributed by atoms with Gasteiger partial charge in [-0.15, -0.1) is 0 Å². The predicted molar refractivity (Wildman–Crippen MR) is 95.2 cm³/mol. The summed E-state index contributed by atoms with van der Waals surface area (Å²) in [5.41, 5.74) is 6.13. The first-order chi connectivity index (χ1) is 12.1. The standard InChI is InChI=1S/C19H20N4O2/c1-13-11-17(24)22-23-18(13)15-6-4-14(5-7-15)8-10-21-19(25)16-3-2-9-20-12-16/h2-7,9,12-13H,8,10-11H2,1H3,(H,21,25)(H,22,24). The number of nitrogens with one attached hydrogen (secondary N) is 2. The predicted octanol–water partition coefficient (Wildman–Crippen LogP) is 1.91. The molecule has 1 aliphatic rings. The summed E-state index contributed by atoms with van der Waals surface area (Å²) in [4.78, 5) is 27.2. The summed E-state index contributed by atoms with van der Waals surface area (Å²) in [7, 11) is 0. The molecule has 0 fully saturated rings. The van der Waals surface area contributed by atoms with Gasteiger partial charge in [0.15, 0.2) is 0 Å². The first-order valence-corrected chi connectivity index (χ1v) is 8.27. The Kier molecular flexibility index (Phi) is 5.18. The normalized spacial score (nSPS) is 16.8. The van der Waals surface area contributed by atoms with Crippen LogP contribution < -0.4 is 10.7 Å². The second kappa shape index (κ2) is 7.70. The van der Waals surface area contributed by atoms with Gasteiger partial charge in [-0.1, -0.05) is 31.2 Å². The second-order valence-corrected chi connectivity index (χ2v) is 6.08. The zero-order valence-electron chi connectivity index (χ0n) is 14.0. The number of hydrogen-bond acceptors (Lipinski definition) is 4. The molecule has 0 saturated carbocycles. The van der Waals surface area contributed by atoms with E-state index in [4.69, 9.17) is 0 Å². The number of benzene rings is 1. The Balaban J connectivity index is 1.55. The summed E-state index contributed by atoms with van der Waals surface area (Å²) in [5, 5.41) is 7.05. The van der Waals surface area contributed by atoms with E-state index in [0.29, 0.717) is 18.5 Å². The highest BCUT2D eigenvalue weighted by molar-refractivity contribution is 6.05. The highest BCUT2D eigenvalue weighted by Gasteiger charge is 2.21. The minimum Gasteiger partial charge on any atom is -0.352 e. The summed E-state index contributed by atoms with van der Waals surface area (Å²) in [6.07, 6.45) is 4.39. The van der Waals surface area contributed by atoms with Gasteiger partial charge >= 0.3 is 0 Å². The van der Waals surface area contributed by atoms with Gasteiger partial charge in [-0.3, -0.25) is 14.6 Å². The Morgan fingerprint density at radius 1 is 1.28 bits per heavy atom. The van der Waals surface area contributed by atoms with Gasteiger partial charge in [0.05, 0.1) is 11.3 Å². The Bertz CT molecular complexity index is 785. The van der Waals surface area contributed by atoms with Crippen LogP contribution >= 0.6 is 0 Å². The fourth-order valence-corrected chi connectivity index (χ4v) is 2.76. The number of carbonyl (C=O) groups excluding carboxylic acids is 2. The van der Waals surface area contributed by atoms with Gasteiger partial charge in [0.1, 0.15) is 0 Å². The molecule has 1 aromatic heterocycles. The van der Waals surface area contributed by atoms with Gasteiger partial charge in [-0.25, -0.2) is 5.43 Å². The van der Waals surface area contributed by atoms with Crippen molar-refractivity contribution < 1.29 is 9.59 Å². The number of carbonyl (C=O) groups is 2. The molecule has 0 saturated heterocycles. The van der Waals surface area contributed by atoms with Crippen LogP contribution in [0.4, 0.5) is 0 Å². The van der Waals surface area contributed by atoms with Crippen LogP contribution in [0.3, 0.4) is 0 Å². The van der Waals surface area contributed by atoms with Crippen molar-refractivity contribution in [3.05, 3.63) is 65.5 Å². The van der Waals surface area contributed by atoms with Gasteiger partial charge < -0.3 is 5.32 Å². The number of nitrogens with zero attached hydrogens (tertiary/aromatic N) is 2. The average Bonchev–Trinajstić information content (AvgIpc) is 2.63. The summed E-state index contributed by atoms with van der Waals surface area (Å²) in [6, 6.07) is 11.5. The lowest BCUT2D eigenvalue weighted by atomic mass is 9.93. The molecule has 2 aromatic rings. The smallest absolute Gasteiger partial charge is 0.252 e. The van der Waals surface area contributed by atoms with Crippen molar-refractivity contribution in [2.75, 3.05) is 6.54 Å². The molecule has 0 radical (unpaired) electrons. The third-order valence-electron chi connectivity index (χ3n) is 4.13. The monoisotopic (exact) mass is 336 g/mol. The lowest BCUT2D eigenvalue weighted by Gasteiger charge is -2.19. The maximum atomic E-state index is 12.0. The van der Waals surface area contributed by atoms with E-state index in [1.807, 2.05) is 31.2 Å². The van der Waals surface area contributed by atoms with Crippen molar-refractivity contribution in [2.24, 2.45) is 11.0 Å². The number of aromatic nitrogens is 1. The van der Waals surface area contributed by atoms with E-state index in [-0.39, 0.29) is 17.7 Å². The molecule has 128 valence electrons. The Labute approximate surface area is 146 Å². The van der Waals surface area contributed by atoms with Crippen molar-refractivity contribution in [1.29, 1.82) is 0 Å². The van der Waals surface area contributed by atoms with E-state index in [9.17, 15) is 9.59 Å². The molecule has 2 N–H and O–H groups in total. The minimum atomic E-state index is -0.120. The zero-order chi connectivity index (χ0) is 17.6. The van der Waals surface area contributed by atoms with E-state index in [2.05, 4.69) is 20.8 Å². The van der Waals surface area contributed by atoms with Crippen molar-refractivity contribution in [3.63, 3.8) is 0 Å².